The number of aromatic nitrogens is 1. The van der Waals surface area contributed by atoms with E-state index < -0.39 is 0 Å². The fraction of sp³-hybridized carbons (Fsp3) is 0.143. The van der Waals surface area contributed by atoms with Crippen LogP contribution >= 0.6 is 0 Å². The summed E-state index contributed by atoms with van der Waals surface area (Å²) < 4.78 is 0. The van der Waals surface area contributed by atoms with Gasteiger partial charge in [-0.3, -0.25) is 9.78 Å². The van der Waals surface area contributed by atoms with Crippen LogP contribution in [-0.4, -0.2) is 22.8 Å². The van der Waals surface area contributed by atoms with E-state index in [0.29, 0.717) is 5.56 Å². The van der Waals surface area contributed by atoms with Crippen LogP contribution in [0.3, 0.4) is 0 Å². The summed E-state index contributed by atoms with van der Waals surface area (Å²) in [6.07, 6.45) is 3.33. The maximum Gasteiger partial charge on any atom is 0.257 e. The second kappa shape index (κ2) is 4.14. The van der Waals surface area contributed by atoms with E-state index in [9.17, 15) is 4.79 Å². The number of pyridine rings is 1. The Bertz CT molecular complexity index is 583. The molecule has 1 aliphatic heterocycles. The van der Waals surface area contributed by atoms with Gasteiger partial charge in [0.25, 0.3) is 5.91 Å². The van der Waals surface area contributed by atoms with Gasteiger partial charge in [0.2, 0.25) is 0 Å². The molecule has 0 radical (unpaired) electrons. The lowest BCUT2D eigenvalue weighted by molar-refractivity contribution is 0.0735. The third kappa shape index (κ3) is 1.62. The van der Waals surface area contributed by atoms with Crippen LogP contribution < -0.4 is 5.32 Å². The van der Waals surface area contributed by atoms with Gasteiger partial charge in [0.15, 0.2) is 0 Å². The SMILES string of the molecule is CN1C(=O)c2ccccc2N[C@@H]1c1cccnc1. The van der Waals surface area contributed by atoms with Gasteiger partial charge in [0.1, 0.15) is 6.17 Å². The van der Waals surface area contributed by atoms with Crippen molar-refractivity contribution in [2.24, 2.45) is 0 Å². The lowest BCUT2D eigenvalue weighted by atomic mass is 10.1. The van der Waals surface area contributed by atoms with Gasteiger partial charge < -0.3 is 10.2 Å². The molecule has 0 saturated carbocycles. The molecule has 0 fully saturated rings. The third-order valence-corrected chi connectivity index (χ3v) is 3.16. The summed E-state index contributed by atoms with van der Waals surface area (Å²) >= 11 is 0. The molecule has 18 heavy (non-hydrogen) atoms. The molecule has 0 saturated heterocycles. The number of carbonyl (C=O) groups excluding carboxylic acids is 1. The number of hydrogen-bond acceptors (Lipinski definition) is 3. The van der Waals surface area contributed by atoms with Crippen molar-refractivity contribution in [1.29, 1.82) is 0 Å². The number of hydrogen-bond donors (Lipinski definition) is 1. The fourth-order valence-electron chi connectivity index (χ4n) is 2.19. The normalized spacial score (nSPS) is 18.2. The molecule has 90 valence electrons. The van der Waals surface area contributed by atoms with Gasteiger partial charge in [-0.05, 0) is 18.2 Å². The smallest absolute Gasteiger partial charge is 0.257 e. The Labute approximate surface area is 105 Å². The van der Waals surface area contributed by atoms with Crippen molar-refractivity contribution in [2.45, 2.75) is 6.17 Å². The van der Waals surface area contributed by atoms with Gasteiger partial charge in [-0.1, -0.05) is 18.2 Å². The van der Waals surface area contributed by atoms with Crippen LogP contribution in [0.15, 0.2) is 48.8 Å². The van der Waals surface area contributed by atoms with E-state index in [-0.39, 0.29) is 12.1 Å². The molecule has 1 N–H and O–H groups in total. The van der Waals surface area contributed by atoms with Gasteiger partial charge in [0, 0.05) is 30.7 Å². The minimum Gasteiger partial charge on any atom is -0.361 e. The predicted molar refractivity (Wildman–Crippen MR) is 69.1 cm³/mol. The summed E-state index contributed by atoms with van der Waals surface area (Å²) in [5.74, 6) is 0.0261. The third-order valence-electron chi connectivity index (χ3n) is 3.16. The highest BCUT2D eigenvalue weighted by atomic mass is 16.2. The van der Waals surface area contributed by atoms with Crippen molar-refractivity contribution in [3.05, 3.63) is 59.9 Å². The predicted octanol–water partition coefficient (Wildman–Crippen LogP) is 2.28. The zero-order chi connectivity index (χ0) is 12.5. The van der Waals surface area contributed by atoms with Crippen LogP contribution in [0.5, 0.6) is 0 Å². The lowest BCUT2D eigenvalue weighted by Crippen LogP contribution is -2.40. The minimum absolute atomic E-state index is 0.0261. The molecule has 2 heterocycles. The van der Waals surface area contributed by atoms with Crippen LogP contribution in [0, 0.1) is 0 Å². The summed E-state index contributed by atoms with van der Waals surface area (Å²) in [4.78, 5) is 18.1. The summed E-state index contributed by atoms with van der Waals surface area (Å²) in [5.41, 5.74) is 2.55. The number of para-hydroxylation sites is 1. The Morgan fingerprint density at radius 2 is 2.06 bits per heavy atom. The summed E-state index contributed by atoms with van der Waals surface area (Å²) in [6.45, 7) is 0. The molecule has 2 aromatic rings. The molecule has 4 nitrogen and oxygen atoms in total. The molecule has 0 spiro atoms. The highest BCUT2D eigenvalue weighted by molar-refractivity contribution is 6.01. The van der Waals surface area contributed by atoms with E-state index >= 15 is 0 Å². The molecule has 4 heteroatoms. The molecular weight excluding hydrogens is 226 g/mol. The molecule has 1 aromatic carbocycles. The monoisotopic (exact) mass is 239 g/mol. The van der Waals surface area contributed by atoms with Crippen molar-refractivity contribution in [2.75, 3.05) is 12.4 Å². The Morgan fingerprint density at radius 3 is 2.83 bits per heavy atom. The number of nitrogens with one attached hydrogen (secondary N) is 1. The van der Waals surface area contributed by atoms with Gasteiger partial charge in [-0.2, -0.15) is 0 Å². The van der Waals surface area contributed by atoms with E-state index in [4.69, 9.17) is 0 Å². The van der Waals surface area contributed by atoms with Gasteiger partial charge in [0.05, 0.1) is 5.56 Å². The molecule has 1 aromatic heterocycles. The zero-order valence-electron chi connectivity index (χ0n) is 10.00. The first kappa shape index (κ1) is 10.8. The van der Waals surface area contributed by atoms with E-state index in [1.54, 1.807) is 24.3 Å². The van der Waals surface area contributed by atoms with Crippen molar-refractivity contribution in [3.63, 3.8) is 0 Å². The Hall–Kier alpha value is -2.36. The summed E-state index contributed by atoms with van der Waals surface area (Å²) in [7, 11) is 1.79. The van der Waals surface area contributed by atoms with Crippen LogP contribution in [0.2, 0.25) is 0 Å². The van der Waals surface area contributed by atoms with Gasteiger partial charge in [-0.15, -0.1) is 0 Å². The maximum atomic E-state index is 12.3. The molecule has 1 amide bonds. The second-order valence-electron chi connectivity index (χ2n) is 4.29. The van der Waals surface area contributed by atoms with Crippen molar-refractivity contribution >= 4 is 11.6 Å². The van der Waals surface area contributed by atoms with E-state index in [2.05, 4.69) is 10.3 Å². The Morgan fingerprint density at radius 1 is 1.22 bits per heavy atom. The molecule has 1 atom stereocenters. The lowest BCUT2D eigenvalue weighted by Gasteiger charge is -2.35. The van der Waals surface area contributed by atoms with Gasteiger partial charge >= 0.3 is 0 Å². The van der Waals surface area contributed by atoms with Crippen LogP contribution in [-0.2, 0) is 0 Å². The molecule has 0 unspecified atom stereocenters. The molecule has 0 aliphatic carbocycles. The number of rotatable bonds is 1. The topological polar surface area (TPSA) is 45.2 Å². The number of fused-ring (bicyclic) bond motifs is 1. The Kier molecular flexibility index (Phi) is 2.48. The molecular formula is C14H13N3O. The number of carbonyl (C=O) groups is 1. The standard InChI is InChI=1S/C14H13N3O/c1-17-13(10-5-4-8-15-9-10)16-12-7-3-2-6-11(12)14(17)18/h2-9,13,16H,1H3/t13-/m0/s1. The highest BCUT2D eigenvalue weighted by Gasteiger charge is 2.29. The average molecular weight is 239 g/mol. The first-order valence-electron chi connectivity index (χ1n) is 5.80. The molecule has 1 aliphatic rings. The van der Waals surface area contributed by atoms with Crippen LogP contribution in [0.25, 0.3) is 0 Å². The molecule has 0 bridgehead atoms. The van der Waals surface area contributed by atoms with Crippen LogP contribution in [0.4, 0.5) is 5.69 Å². The van der Waals surface area contributed by atoms with Gasteiger partial charge in [-0.25, -0.2) is 0 Å². The van der Waals surface area contributed by atoms with Crippen LogP contribution in [0.1, 0.15) is 22.1 Å². The number of nitrogens with zero attached hydrogens (tertiary/aromatic N) is 2. The quantitative estimate of drug-likeness (QED) is 0.830. The van der Waals surface area contributed by atoms with Crippen molar-refractivity contribution < 1.29 is 4.79 Å². The van der Waals surface area contributed by atoms with Crippen molar-refractivity contribution in [3.8, 4) is 0 Å². The fourth-order valence-corrected chi connectivity index (χ4v) is 2.19. The number of anilines is 1. The summed E-state index contributed by atoms with van der Waals surface area (Å²) in [5, 5.41) is 3.36. The maximum absolute atomic E-state index is 12.3. The largest absolute Gasteiger partial charge is 0.361 e. The van der Waals surface area contributed by atoms with E-state index in [1.165, 1.54) is 0 Å². The first-order valence-corrected chi connectivity index (χ1v) is 5.80. The van der Waals surface area contributed by atoms with E-state index in [0.717, 1.165) is 11.3 Å². The van der Waals surface area contributed by atoms with E-state index in [1.807, 2.05) is 36.4 Å². The summed E-state index contributed by atoms with van der Waals surface area (Å²) in [6, 6.07) is 11.4. The first-order chi connectivity index (χ1) is 8.77. The number of amides is 1. The van der Waals surface area contributed by atoms with Crippen molar-refractivity contribution in [1.82, 2.24) is 9.88 Å². The minimum atomic E-state index is -0.166. The Balaban J connectivity index is 2.04. The zero-order valence-corrected chi connectivity index (χ0v) is 10.00. The highest BCUT2D eigenvalue weighted by Crippen LogP contribution is 2.31. The molecule has 3 rings (SSSR count). The average Bonchev–Trinajstić information content (AvgIpc) is 2.44. The second-order valence-corrected chi connectivity index (χ2v) is 4.29. The number of benzene rings is 1.